The van der Waals surface area contributed by atoms with E-state index in [2.05, 4.69) is 4.98 Å². The summed E-state index contributed by atoms with van der Waals surface area (Å²) in [6, 6.07) is 18.6. The number of aromatic nitrogens is 2. The molecule has 6 heteroatoms. The van der Waals surface area contributed by atoms with Gasteiger partial charge >= 0.3 is 0 Å². The minimum atomic E-state index is -3.25. The molecule has 0 spiro atoms. The Morgan fingerprint density at radius 1 is 1.00 bits per heavy atom. The van der Waals surface area contributed by atoms with Gasteiger partial charge in [0, 0.05) is 12.8 Å². The molecule has 0 saturated heterocycles. The molecular weight excluding hydrogens is 340 g/mol. The van der Waals surface area contributed by atoms with Crippen molar-refractivity contribution in [3.63, 3.8) is 0 Å². The molecule has 4 nitrogen and oxygen atoms in total. The Kier molecular flexibility index (Phi) is 5.06. The van der Waals surface area contributed by atoms with E-state index in [1.807, 2.05) is 54.2 Å². The first kappa shape index (κ1) is 16.8. The molecule has 0 atom stereocenters. The summed E-state index contributed by atoms with van der Waals surface area (Å²) in [7, 11) is -1.30. The maximum absolute atomic E-state index is 12.3. The highest BCUT2D eigenvalue weighted by Crippen LogP contribution is 2.25. The lowest BCUT2D eigenvalue weighted by molar-refractivity contribution is 0.597. The number of hydrogen-bond acceptors (Lipinski definition) is 4. The van der Waals surface area contributed by atoms with Crippen molar-refractivity contribution >= 4 is 21.6 Å². The van der Waals surface area contributed by atoms with E-state index in [-0.39, 0.29) is 5.75 Å². The third-order valence-corrected chi connectivity index (χ3v) is 6.74. The van der Waals surface area contributed by atoms with E-state index in [0.717, 1.165) is 16.4 Å². The Morgan fingerprint density at radius 2 is 1.62 bits per heavy atom. The van der Waals surface area contributed by atoms with Crippen LogP contribution >= 0.6 is 11.8 Å². The Hall–Kier alpha value is -2.05. The van der Waals surface area contributed by atoms with E-state index in [0.29, 0.717) is 10.6 Å². The predicted molar refractivity (Wildman–Crippen MR) is 97.9 cm³/mol. The van der Waals surface area contributed by atoms with Crippen molar-refractivity contribution in [2.75, 3.05) is 11.5 Å². The molecule has 1 heterocycles. The normalized spacial score (nSPS) is 11.5. The third kappa shape index (κ3) is 3.71. The molecule has 3 rings (SSSR count). The van der Waals surface area contributed by atoms with E-state index < -0.39 is 9.84 Å². The van der Waals surface area contributed by atoms with E-state index in [9.17, 15) is 8.42 Å². The number of nitrogens with zero attached hydrogens (tertiary/aromatic N) is 2. The van der Waals surface area contributed by atoms with E-state index in [4.69, 9.17) is 0 Å². The second-order valence-electron chi connectivity index (χ2n) is 5.33. The van der Waals surface area contributed by atoms with Gasteiger partial charge in [-0.05, 0) is 17.7 Å². The molecule has 3 aromatic rings. The van der Waals surface area contributed by atoms with E-state index >= 15 is 0 Å². The molecule has 0 N–H and O–H groups in total. The molecule has 0 fully saturated rings. The van der Waals surface area contributed by atoms with Crippen molar-refractivity contribution in [2.24, 2.45) is 7.05 Å². The van der Waals surface area contributed by atoms with Crippen LogP contribution in [-0.2, 0) is 16.9 Å². The fourth-order valence-corrected chi connectivity index (χ4v) is 5.01. The molecule has 24 heavy (non-hydrogen) atoms. The summed E-state index contributed by atoms with van der Waals surface area (Å²) in [5, 5.41) is 0.817. The predicted octanol–water partition coefficient (Wildman–Crippen LogP) is 3.65. The zero-order valence-corrected chi connectivity index (χ0v) is 14.9. The van der Waals surface area contributed by atoms with Gasteiger partial charge in [0.15, 0.2) is 15.0 Å². The summed E-state index contributed by atoms with van der Waals surface area (Å²) < 4.78 is 26.6. The fourth-order valence-electron chi connectivity index (χ4n) is 2.39. The molecule has 0 bridgehead atoms. The van der Waals surface area contributed by atoms with Crippen LogP contribution < -0.4 is 0 Å². The molecule has 0 aliphatic carbocycles. The summed E-state index contributed by atoms with van der Waals surface area (Å²) in [6.07, 6.45) is 1.82. The molecule has 124 valence electrons. The van der Waals surface area contributed by atoms with Crippen molar-refractivity contribution in [3.8, 4) is 11.3 Å². The molecule has 0 amide bonds. The van der Waals surface area contributed by atoms with Gasteiger partial charge in [-0.15, -0.1) is 0 Å². The lowest BCUT2D eigenvalue weighted by atomic mass is 10.2. The van der Waals surface area contributed by atoms with Gasteiger partial charge in [-0.25, -0.2) is 13.4 Å². The van der Waals surface area contributed by atoms with Crippen LogP contribution in [-0.4, -0.2) is 29.5 Å². The molecule has 0 aliphatic rings. The van der Waals surface area contributed by atoms with Gasteiger partial charge in [0.25, 0.3) is 0 Å². The number of benzene rings is 2. The zero-order valence-electron chi connectivity index (χ0n) is 13.3. The highest BCUT2D eigenvalue weighted by molar-refractivity contribution is 8.00. The zero-order chi connectivity index (χ0) is 17.0. The van der Waals surface area contributed by atoms with Crippen LogP contribution in [0, 0.1) is 0 Å². The first-order chi connectivity index (χ1) is 11.6. The Morgan fingerprint density at radius 3 is 2.29 bits per heavy atom. The highest BCUT2D eigenvalue weighted by atomic mass is 32.2. The van der Waals surface area contributed by atoms with Gasteiger partial charge in [0.2, 0.25) is 0 Å². The number of hydrogen-bond donors (Lipinski definition) is 0. The van der Waals surface area contributed by atoms with Crippen LogP contribution in [0.1, 0.15) is 0 Å². The molecule has 1 aromatic heterocycles. The van der Waals surface area contributed by atoms with Crippen molar-refractivity contribution in [3.05, 3.63) is 66.9 Å². The molecular formula is C18H18N2O2S2. The van der Waals surface area contributed by atoms with Gasteiger partial charge in [-0.3, -0.25) is 0 Å². The SMILES string of the molecule is Cn1c(-c2ccccc2)cnc1SCCS(=O)(=O)c1ccccc1. The first-order valence-corrected chi connectivity index (χ1v) is 10.2. The van der Waals surface area contributed by atoms with Crippen LogP contribution in [0.25, 0.3) is 11.3 Å². The topological polar surface area (TPSA) is 52.0 Å². The van der Waals surface area contributed by atoms with Crippen LogP contribution in [0.2, 0.25) is 0 Å². The molecule has 0 radical (unpaired) electrons. The molecule has 2 aromatic carbocycles. The largest absolute Gasteiger partial charge is 0.322 e. The van der Waals surface area contributed by atoms with Crippen molar-refractivity contribution < 1.29 is 8.42 Å². The maximum Gasteiger partial charge on any atom is 0.179 e. The Bertz CT molecular complexity index is 905. The lowest BCUT2D eigenvalue weighted by Gasteiger charge is -2.06. The summed E-state index contributed by atoms with van der Waals surface area (Å²) in [6.45, 7) is 0. The fraction of sp³-hybridized carbons (Fsp3) is 0.167. The quantitative estimate of drug-likeness (QED) is 0.631. The standard InChI is InChI=1S/C18H18N2O2S2/c1-20-17(15-8-4-2-5-9-15)14-19-18(20)23-12-13-24(21,22)16-10-6-3-7-11-16/h2-11,14H,12-13H2,1H3. The molecule has 0 saturated carbocycles. The monoisotopic (exact) mass is 358 g/mol. The van der Waals surface area contributed by atoms with Crippen LogP contribution in [0.3, 0.4) is 0 Å². The van der Waals surface area contributed by atoms with Crippen molar-refractivity contribution in [1.82, 2.24) is 9.55 Å². The van der Waals surface area contributed by atoms with Crippen LogP contribution in [0.5, 0.6) is 0 Å². The number of rotatable bonds is 6. The number of imidazole rings is 1. The smallest absolute Gasteiger partial charge is 0.179 e. The summed E-state index contributed by atoms with van der Waals surface area (Å²) in [5.41, 5.74) is 2.11. The maximum atomic E-state index is 12.3. The highest BCUT2D eigenvalue weighted by Gasteiger charge is 2.15. The van der Waals surface area contributed by atoms with E-state index in [1.54, 1.807) is 24.3 Å². The molecule has 0 unspecified atom stereocenters. The molecule has 0 aliphatic heterocycles. The average molecular weight is 358 g/mol. The second kappa shape index (κ2) is 7.23. The van der Waals surface area contributed by atoms with Gasteiger partial charge in [-0.2, -0.15) is 0 Å². The summed E-state index contributed by atoms with van der Waals surface area (Å²) in [5.74, 6) is 0.561. The van der Waals surface area contributed by atoms with Gasteiger partial charge < -0.3 is 4.57 Å². The van der Waals surface area contributed by atoms with Crippen molar-refractivity contribution in [2.45, 2.75) is 10.1 Å². The van der Waals surface area contributed by atoms with Crippen LogP contribution in [0.15, 0.2) is 76.9 Å². The summed E-state index contributed by atoms with van der Waals surface area (Å²) in [4.78, 5) is 4.79. The van der Waals surface area contributed by atoms with Gasteiger partial charge in [-0.1, -0.05) is 60.3 Å². The minimum Gasteiger partial charge on any atom is -0.322 e. The lowest BCUT2D eigenvalue weighted by Crippen LogP contribution is -2.09. The minimum absolute atomic E-state index is 0.0925. The summed E-state index contributed by atoms with van der Waals surface area (Å²) >= 11 is 1.46. The third-order valence-electron chi connectivity index (χ3n) is 3.70. The Labute approximate surface area is 146 Å². The van der Waals surface area contributed by atoms with Gasteiger partial charge in [0.05, 0.1) is 22.5 Å². The van der Waals surface area contributed by atoms with E-state index in [1.165, 1.54) is 11.8 Å². The first-order valence-electron chi connectivity index (χ1n) is 7.56. The van der Waals surface area contributed by atoms with Crippen molar-refractivity contribution in [1.29, 1.82) is 0 Å². The second-order valence-corrected chi connectivity index (χ2v) is 8.50. The Balaban J connectivity index is 1.67. The number of sulfone groups is 1. The average Bonchev–Trinajstić information content (AvgIpc) is 2.97. The van der Waals surface area contributed by atoms with Gasteiger partial charge in [0.1, 0.15) is 0 Å². The van der Waals surface area contributed by atoms with Crippen LogP contribution in [0.4, 0.5) is 0 Å². The number of thioether (sulfide) groups is 1.